The van der Waals surface area contributed by atoms with E-state index in [0.717, 1.165) is 11.3 Å². The molecule has 1 amide bonds. The van der Waals surface area contributed by atoms with Gasteiger partial charge in [-0.1, -0.05) is 55.3 Å². The topological polar surface area (TPSA) is 93.4 Å². The van der Waals surface area contributed by atoms with Gasteiger partial charge >= 0.3 is 0 Å². The van der Waals surface area contributed by atoms with E-state index in [4.69, 9.17) is 33.0 Å². The first-order valence-electron chi connectivity index (χ1n) is 12.0. The summed E-state index contributed by atoms with van der Waals surface area (Å²) in [5, 5.41) is 5.74. The molecule has 2 aromatic heterocycles. The standard InChI is InChI=1S/C27H26Cl2N6O3/c1-14(2)23-21-22(32-35(23)19-13-30-27(33(3)4)31-25(19)38-5)26(37)34(18-12-17(29)10-11-20(18)36)24(21)15-6-8-16(28)9-7-15/h6-10,12-14,24H,11H2,1-5H3. The van der Waals surface area contributed by atoms with Crippen molar-refractivity contribution >= 4 is 40.8 Å². The second-order valence-electron chi connectivity index (χ2n) is 9.55. The summed E-state index contributed by atoms with van der Waals surface area (Å²) in [6.07, 6.45) is 4.92. The molecule has 0 fully saturated rings. The third-order valence-electron chi connectivity index (χ3n) is 6.49. The van der Waals surface area contributed by atoms with Gasteiger partial charge in [-0.25, -0.2) is 9.67 Å². The van der Waals surface area contributed by atoms with Crippen molar-refractivity contribution in [1.29, 1.82) is 0 Å². The van der Waals surface area contributed by atoms with Crippen LogP contribution in [-0.2, 0) is 4.79 Å². The molecule has 0 bridgehead atoms. The number of anilines is 1. The first-order chi connectivity index (χ1) is 18.1. The Kier molecular flexibility index (Phi) is 6.75. The molecule has 38 heavy (non-hydrogen) atoms. The number of aromatic nitrogens is 4. The van der Waals surface area contributed by atoms with Crippen LogP contribution in [0.5, 0.6) is 5.88 Å². The molecule has 0 N–H and O–H groups in total. The Morgan fingerprint density at radius 1 is 1.13 bits per heavy atom. The molecule has 0 radical (unpaired) electrons. The van der Waals surface area contributed by atoms with Crippen molar-refractivity contribution in [3.8, 4) is 11.6 Å². The summed E-state index contributed by atoms with van der Waals surface area (Å²) >= 11 is 12.5. The number of carbonyl (C=O) groups excluding carboxylic acids is 2. The minimum atomic E-state index is -0.619. The summed E-state index contributed by atoms with van der Waals surface area (Å²) in [5.41, 5.74) is 3.24. The average molecular weight is 553 g/mol. The number of nitrogens with zero attached hydrogens (tertiary/aromatic N) is 6. The number of allylic oxidation sites excluding steroid dienone is 4. The van der Waals surface area contributed by atoms with Gasteiger partial charge in [-0.05, 0) is 29.7 Å². The molecule has 1 aromatic carbocycles. The van der Waals surface area contributed by atoms with E-state index < -0.39 is 11.9 Å². The summed E-state index contributed by atoms with van der Waals surface area (Å²) in [6.45, 7) is 4.04. The molecule has 1 aliphatic carbocycles. The second-order valence-corrected chi connectivity index (χ2v) is 10.4. The summed E-state index contributed by atoms with van der Waals surface area (Å²) in [5.74, 6) is 0.148. The van der Waals surface area contributed by atoms with Gasteiger partial charge in [0.1, 0.15) is 5.69 Å². The number of methoxy groups -OCH3 is 1. The lowest BCUT2D eigenvalue weighted by molar-refractivity contribution is -0.116. The maximum absolute atomic E-state index is 14.0. The Morgan fingerprint density at radius 3 is 2.47 bits per heavy atom. The fraction of sp³-hybridized carbons (Fsp3) is 0.296. The summed E-state index contributed by atoms with van der Waals surface area (Å²) in [6, 6.07) is 6.61. The Balaban J connectivity index is 1.76. The fourth-order valence-electron chi connectivity index (χ4n) is 4.81. The van der Waals surface area contributed by atoms with Crippen LogP contribution in [0.15, 0.2) is 53.3 Å². The van der Waals surface area contributed by atoms with Crippen molar-refractivity contribution in [3.63, 3.8) is 0 Å². The van der Waals surface area contributed by atoms with Gasteiger partial charge in [0.2, 0.25) is 11.8 Å². The molecule has 196 valence electrons. The van der Waals surface area contributed by atoms with Crippen LogP contribution in [0, 0.1) is 0 Å². The number of hydrogen-bond acceptors (Lipinski definition) is 7. The van der Waals surface area contributed by atoms with Crippen LogP contribution < -0.4 is 9.64 Å². The van der Waals surface area contributed by atoms with Gasteiger partial charge in [-0.3, -0.25) is 14.5 Å². The Labute approximate surface area is 230 Å². The molecule has 9 nitrogen and oxygen atoms in total. The molecular weight excluding hydrogens is 527 g/mol. The predicted octanol–water partition coefficient (Wildman–Crippen LogP) is 5.04. The monoisotopic (exact) mass is 552 g/mol. The van der Waals surface area contributed by atoms with E-state index in [1.54, 1.807) is 40.1 Å². The number of halogens is 2. The number of Topliss-reactive ketones (excluding diaryl/α,β-unsaturated/α-hetero) is 1. The highest BCUT2D eigenvalue weighted by Crippen LogP contribution is 2.46. The molecule has 1 unspecified atom stereocenters. The number of ketones is 1. The number of carbonyl (C=O) groups is 2. The van der Waals surface area contributed by atoms with Gasteiger partial charge in [0, 0.05) is 36.1 Å². The molecule has 3 heterocycles. The first kappa shape index (κ1) is 25.9. The van der Waals surface area contributed by atoms with E-state index in [0.29, 0.717) is 33.1 Å². The van der Waals surface area contributed by atoms with Crippen LogP contribution in [0.1, 0.15) is 59.5 Å². The average Bonchev–Trinajstić information content (AvgIpc) is 3.40. The fourth-order valence-corrected chi connectivity index (χ4v) is 5.12. The zero-order valence-corrected chi connectivity index (χ0v) is 23.1. The van der Waals surface area contributed by atoms with Gasteiger partial charge in [-0.15, -0.1) is 0 Å². The van der Waals surface area contributed by atoms with E-state index in [2.05, 4.69) is 9.97 Å². The van der Waals surface area contributed by atoms with Crippen LogP contribution in [0.2, 0.25) is 5.02 Å². The maximum atomic E-state index is 14.0. The van der Waals surface area contributed by atoms with Crippen molar-refractivity contribution in [3.05, 3.63) is 80.9 Å². The number of benzene rings is 1. The smallest absolute Gasteiger partial charge is 0.280 e. The van der Waals surface area contributed by atoms with E-state index in [-0.39, 0.29) is 29.5 Å². The number of rotatable bonds is 6. The van der Waals surface area contributed by atoms with Gasteiger partial charge in [0.05, 0.1) is 30.7 Å². The molecule has 0 saturated heterocycles. The first-order valence-corrected chi connectivity index (χ1v) is 12.8. The highest BCUT2D eigenvalue weighted by atomic mass is 35.5. The van der Waals surface area contributed by atoms with Crippen LogP contribution in [-0.4, -0.2) is 57.5 Å². The predicted molar refractivity (Wildman–Crippen MR) is 145 cm³/mol. The van der Waals surface area contributed by atoms with Crippen molar-refractivity contribution in [2.75, 3.05) is 26.1 Å². The van der Waals surface area contributed by atoms with Gasteiger partial charge in [0.15, 0.2) is 11.5 Å². The van der Waals surface area contributed by atoms with Crippen molar-refractivity contribution in [2.24, 2.45) is 0 Å². The summed E-state index contributed by atoms with van der Waals surface area (Å²) in [4.78, 5) is 39.2. The van der Waals surface area contributed by atoms with Crippen LogP contribution in [0.4, 0.5) is 5.95 Å². The van der Waals surface area contributed by atoms with Gasteiger partial charge in [-0.2, -0.15) is 10.1 Å². The number of fused-ring (bicyclic) bond motifs is 1. The van der Waals surface area contributed by atoms with Gasteiger partial charge < -0.3 is 9.64 Å². The molecule has 5 rings (SSSR count). The van der Waals surface area contributed by atoms with Gasteiger partial charge in [0.25, 0.3) is 5.91 Å². The minimum Gasteiger partial charge on any atom is -0.479 e. The highest BCUT2D eigenvalue weighted by molar-refractivity contribution is 6.32. The lowest BCUT2D eigenvalue weighted by Crippen LogP contribution is -2.34. The zero-order valence-electron chi connectivity index (χ0n) is 21.6. The van der Waals surface area contributed by atoms with E-state index >= 15 is 0 Å². The molecular formula is C27H26Cl2N6O3. The quantitative estimate of drug-likeness (QED) is 0.422. The zero-order chi connectivity index (χ0) is 27.3. The lowest BCUT2D eigenvalue weighted by atomic mass is 9.94. The highest BCUT2D eigenvalue weighted by Gasteiger charge is 2.47. The molecule has 11 heteroatoms. The molecule has 0 spiro atoms. The van der Waals surface area contributed by atoms with E-state index in [9.17, 15) is 9.59 Å². The Morgan fingerprint density at radius 2 is 1.84 bits per heavy atom. The number of hydrogen-bond donors (Lipinski definition) is 0. The minimum absolute atomic E-state index is 0.0634. The summed E-state index contributed by atoms with van der Waals surface area (Å²) in [7, 11) is 5.20. The third-order valence-corrected chi connectivity index (χ3v) is 7.01. The summed E-state index contributed by atoms with van der Waals surface area (Å²) < 4.78 is 7.27. The van der Waals surface area contributed by atoms with Crippen LogP contribution in [0.3, 0.4) is 0 Å². The molecule has 0 saturated carbocycles. The molecule has 1 atom stereocenters. The maximum Gasteiger partial charge on any atom is 0.280 e. The SMILES string of the molecule is COc1nc(N(C)C)ncc1-n1nc2c(c1C(C)C)C(c1ccc(Cl)cc1)N(C1=CC(Cl)=CCC1=O)C2=O. The van der Waals surface area contributed by atoms with E-state index in [1.807, 2.05) is 40.1 Å². The van der Waals surface area contributed by atoms with Crippen molar-refractivity contribution in [2.45, 2.75) is 32.2 Å². The van der Waals surface area contributed by atoms with Crippen molar-refractivity contribution < 1.29 is 14.3 Å². The Hall–Kier alpha value is -3.69. The number of amides is 1. The second kappa shape index (κ2) is 9.89. The largest absolute Gasteiger partial charge is 0.479 e. The Bertz CT molecular complexity index is 1510. The molecule has 3 aromatic rings. The normalized spacial score (nSPS) is 17.1. The van der Waals surface area contributed by atoms with Crippen molar-refractivity contribution in [1.82, 2.24) is 24.6 Å². The third kappa shape index (κ3) is 4.25. The van der Waals surface area contributed by atoms with Crippen LogP contribution in [0.25, 0.3) is 5.69 Å². The van der Waals surface area contributed by atoms with Crippen LogP contribution >= 0.6 is 23.2 Å². The number of ether oxygens (including phenoxy) is 1. The van der Waals surface area contributed by atoms with E-state index in [1.165, 1.54) is 12.0 Å². The lowest BCUT2D eigenvalue weighted by Gasteiger charge is -2.30. The molecule has 2 aliphatic rings. The molecule has 1 aliphatic heterocycles.